The lowest BCUT2D eigenvalue weighted by molar-refractivity contribution is -0.139. The minimum Gasteiger partial charge on any atom is -0.497 e. The second-order valence-electron chi connectivity index (χ2n) is 9.33. The molecular weight excluding hydrogens is 502 g/mol. The molecule has 3 rings (SSSR count). The van der Waals surface area contributed by atoms with Crippen LogP contribution in [-0.2, 0) is 26.2 Å². The van der Waals surface area contributed by atoms with Gasteiger partial charge in [0.05, 0.1) is 17.7 Å². The number of amides is 2. The summed E-state index contributed by atoms with van der Waals surface area (Å²) in [5, 5.41) is 2.58. The van der Waals surface area contributed by atoms with Crippen LogP contribution in [0.25, 0.3) is 0 Å². The zero-order chi connectivity index (χ0) is 28.0. The molecule has 0 saturated heterocycles. The number of hydrogen-bond donors (Lipinski definition) is 1. The van der Waals surface area contributed by atoms with Crippen molar-refractivity contribution in [1.29, 1.82) is 0 Å². The molecule has 0 radical (unpaired) electrons. The maximum absolute atomic E-state index is 13.9. The highest BCUT2D eigenvalue weighted by Crippen LogP contribution is 2.27. The third-order valence-electron chi connectivity index (χ3n) is 6.31. The van der Waals surface area contributed by atoms with Crippen molar-refractivity contribution in [1.82, 2.24) is 10.2 Å². The van der Waals surface area contributed by atoms with Crippen LogP contribution in [0.5, 0.6) is 5.75 Å². The quantitative estimate of drug-likeness (QED) is 0.422. The smallest absolute Gasteiger partial charge is 0.264 e. The summed E-state index contributed by atoms with van der Waals surface area (Å²) < 4.78 is 34.1. The van der Waals surface area contributed by atoms with Crippen LogP contribution in [0.3, 0.4) is 0 Å². The third-order valence-corrected chi connectivity index (χ3v) is 8.10. The number of nitrogens with zero attached hydrogens (tertiary/aromatic N) is 2. The molecule has 2 amide bonds. The van der Waals surface area contributed by atoms with Gasteiger partial charge >= 0.3 is 0 Å². The second-order valence-corrected chi connectivity index (χ2v) is 11.2. The summed E-state index contributed by atoms with van der Waals surface area (Å²) in [6, 6.07) is 18.2. The van der Waals surface area contributed by atoms with Crippen LogP contribution in [0, 0.1) is 20.8 Å². The highest BCUT2D eigenvalue weighted by Gasteiger charge is 2.32. The Labute approximate surface area is 225 Å². The fraction of sp³-hybridized carbons (Fsp3) is 0.310. The fourth-order valence-electron chi connectivity index (χ4n) is 4.18. The summed E-state index contributed by atoms with van der Waals surface area (Å²) in [5.41, 5.74) is 3.81. The number of likely N-dealkylation sites (N-methyl/N-ethyl adjacent to an activating group) is 1. The zero-order valence-corrected chi connectivity index (χ0v) is 23.5. The van der Waals surface area contributed by atoms with Crippen LogP contribution in [0.2, 0.25) is 0 Å². The van der Waals surface area contributed by atoms with Gasteiger partial charge in [0.25, 0.3) is 10.0 Å². The molecule has 0 aliphatic carbocycles. The van der Waals surface area contributed by atoms with Crippen molar-refractivity contribution < 1.29 is 22.7 Å². The van der Waals surface area contributed by atoms with Crippen LogP contribution < -0.4 is 14.4 Å². The summed E-state index contributed by atoms with van der Waals surface area (Å²) >= 11 is 0. The Kier molecular flexibility index (Phi) is 9.17. The number of aryl methyl sites for hydroxylation is 3. The van der Waals surface area contributed by atoms with Crippen LogP contribution in [0.1, 0.15) is 29.2 Å². The number of sulfonamides is 1. The Morgan fingerprint density at radius 3 is 2.00 bits per heavy atom. The summed E-state index contributed by atoms with van der Waals surface area (Å²) in [4.78, 5) is 27.9. The topological polar surface area (TPSA) is 96.0 Å². The second kappa shape index (κ2) is 12.1. The number of methoxy groups -OCH3 is 1. The molecule has 0 aliphatic rings. The summed E-state index contributed by atoms with van der Waals surface area (Å²) in [6.07, 6.45) is 0. The van der Waals surface area contributed by atoms with Crippen molar-refractivity contribution in [2.45, 2.75) is 45.2 Å². The minimum atomic E-state index is -4.10. The van der Waals surface area contributed by atoms with Gasteiger partial charge in [-0.2, -0.15) is 0 Å². The zero-order valence-electron chi connectivity index (χ0n) is 22.7. The van der Waals surface area contributed by atoms with E-state index in [9.17, 15) is 18.0 Å². The Balaban J connectivity index is 2.05. The van der Waals surface area contributed by atoms with Crippen molar-refractivity contribution in [2.75, 3.05) is 25.0 Å². The summed E-state index contributed by atoms with van der Waals surface area (Å²) in [7, 11) is -1.03. The number of rotatable bonds is 10. The van der Waals surface area contributed by atoms with Gasteiger partial charge in [-0.3, -0.25) is 13.9 Å². The molecule has 1 N–H and O–H groups in total. The molecule has 0 unspecified atom stereocenters. The van der Waals surface area contributed by atoms with Gasteiger partial charge in [0, 0.05) is 13.6 Å². The van der Waals surface area contributed by atoms with Crippen molar-refractivity contribution in [3.05, 3.63) is 89.0 Å². The normalized spacial score (nSPS) is 11.9. The van der Waals surface area contributed by atoms with Crippen molar-refractivity contribution >= 4 is 27.5 Å². The first-order valence-electron chi connectivity index (χ1n) is 12.3. The van der Waals surface area contributed by atoms with Crippen LogP contribution >= 0.6 is 0 Å². The van der Waals surface area contributed by atoms with E-state index in [1.807, 2.05) is 26.8 Å². The predicted octanol–water partition coefficient (Wildman–Crippen LogP) is 3.98. The van der Waals surface area contributed by atoms with Crippen molar-refractivity contribution in [2.24, 2.45) is 0 Å². The van der Waals surface area contributed by atoms with Gasteiger partial charge in [-0.05, 0) is 80.8 Å². The van der Waals surface area contributed by atoms with E-state index in [2.05, 4.69) is 5.32 Å². The maximum Gasteiger partial charge on any atom is 0.264 e. The molecule has 9 heteroatoms. The van der Waals surface area contributed by atoms with E-state index >= 15 is 0 Å². The van der Waals surface area contributed by atoms with E-state index in [0.717, 1.165) is 26.6 Å². The SMILES string of the molecule is CNC(=O)[C@H](C)N(Cc1ccc(OC)cc1)C(=O)CN(c1cc(C)cc(C)c1)S(=O)(=O)c1ccc(C)cc1. The lowest BCUT2D eigenvalue weighted by Crippen LogP contribution is -2.50. The highest BCUT2D eigenvalue weighted by atomic mass is 32.2. The molecule has 1 atom stereocenters. The lowest BCUT2D eigenvalue weighted by atomic mass is 10.1. The third kappa shape index (κ3) is 6.72. The van der Waals surface area contributed by atoms with Crippen LogP contribution in [-0.4, -0.2) is 51.9 Å². The van der Waals surface area contributed by atoms with Crippen molar-refractivity contribution in [3.63, 3.8) is 0 Å². The van der Waals surface area contributed by atoms with Crippen LogP contribution in [0.4, 0.5) is 5.69 Å². The summed E-state index contributed by atoms with van der Waals surface area (Å²) in [6.45, 7) is 6.88. The first-order valence-corrected chi connectivity index (χ1v) is 13.7. The first kappa shape index (κ1) is 28.7. The molecule has 0 bridgehead atoms. The number of benzene rings is 3. The van der Waals surface area contributed by atoms with Crippen LogP contribution in [0.15, 0.2) is 71.6 Å². The van der Waals surface area contributed by atoms with E-state index in [-0.39, 0.29) is 17.3 Å². The molecule has 202 valence electrons. The molecule has 0 aromatic heterocycles. The standard InChI is InChI=1S/C29H35N3O5S/c1-20-7-13-27(14-8-20)38(35,36)32(25-16-21(2)15-22(3)17-25)19-28(33)31(23(4)29(34)30-5)18-24-9-11-26(37-6)12-10-24/h7-17,23H,18-19H2,1-6H3,(H,30,34)/t23-/m0/s1. The number of ether oxygens (including phenoxy) is 1. The first-order chi connectivity index (χ1) is 18.0. The molecular formula is C29H35N3O5S. The molecule has 0 saturated carbocycles. The largest absolute Gasteiger partial charge is 0.497 e. The van der Waals surface area contributed by atoms with E-state index in [1.165, 1.54) is 24.1 Å². The van der Waals surface area contributed by atoms with Gasteiger partial charge in [0.15, 0.2) is 0 Å². The van der Waals surface area contributed by atoms with Gasteiger partial charge in [-0.25, -0.2) is 8.42 Å². The summed E-state index contributed by atoms with van der Waals surface area (Å²) in [5.74, 6) is -0.200. The Bertz CT molecular complexity index is 1370. The highest BCUT2D eigenvalue weighted by molar-refractivity contribution is 7.92. The van der Waals surface area contributed by atoms with E-state index in [0.29, 0.717) is 11.4 Å². The van der Waals surface area contributed by atoms with Gasteiger partial charge < -0.3 is 15.0 Å². The number of anilines is 1. The average Bonchev–Trinajstić information content (AvgIpc) is 2.89. The monoisotopic (exact) mass is 537 g/mol. The molecule has 3 aromatic rings. The molecule has 0 fully saturated rings. The maximum atomic E-state index is 13.9. The minimum absolute atomic E-state index is 0.0797. The van der Waals surface area contributed by atoms with Gasteiger partial charge in [-0.1, -0.05) is 35.9 Å². The Morgan fingerprint density at radius 1 is 0.895 bits per heavy atom. The molecule has 0 aliphatic heterocycles. The van der Waals surface area contributed by atoms with E-state index in [1.54, 1.807) is 62.6 Å². The number of hydrogen-bond acceptors (Lipinski definition) is 5. The molecule has 0 spiro atoms. The average molecular weight is 538 g/mol. The predicted molar refractivity (Wildman–Crippen MR) is 149 cm³/mol. The fourth-order valence-corrected chi connectivity index (χ4v) is 5.58. The van der Waals surface area contributed by atoms with Gasteiger partial charge in [0.1, 0.15) is 18.3 Å². The van der Waals surface area contributed by atoms with Gasteiger partial charge in [-0.15, -0.1) is 0 Å². The number of carbonyl (C=O) groups excluding carboxylic acids is 2. The van der Waals surface area contributed by atoms with E-state index in [4.69, 9.17) is 4.74 Å². The Hall–Kier alpha value is -3.85. The molecule has 8 nitrogen and oxygen atoms in total. The molecule has 38 heavy (non-hydrogen) atoms. The van der Waals surface area contributed by atoms with Gasteiger partial charge in [0.2, 0.25) is 11.8 Å². The van der Waals surface area contributed by atoms with E-state index < -0.39 is 28.5 Å². The number of nitrogens with one attached hydrogen (secondary N) is 1. The molecule has 3 aromatic carbocycles. The van der Waals surface area contributed by atoms with Crippen molar-refractivity contribution in [3.8, 4) is 5.75 Å². The number of carbonyl (C=O) groups is 2. The lowest BCUT2D eigenvalue weighted by Gasteiger charge is -2.32. The molecule has 0 heterocycles. The Morgan fingerprint density at radius 2 is 1.47 bits per heavy atom.